The van der Waals surface area contributed by atoms with E-state index in [2.05, 4.69) is 37.9 Å². The zero-order valence-electron chi connectivity index (χ0n) is 11.0. The fourth-order valence-electron chi connectivity index (χ4n) is 2.18. The highest BCUT2D eigenvalue weighted by Crippen LogP contribution is 2.17. The smallest absolute Gasteiger partial charge is 0.00966 e. The highest BCUT2D eigenvalue weighted by atomic mass is 15.1. The van der Waals surface area contributed by atoms with Crippen LogP contribution in [0.15, 0.2) is 0 Å². The lowest BCUT2D eigenvalue weighted by Gasteiger charge is -2.33. The van der Waals surface area contributed by atoms with Gasteiger partial charge in [0.1, 0.15) is 0 Å². The van der Waals surface area contributed by atoms with Crippen LogP contribution in [0.5, 0.6) is 0 Å². The minimum atomic E-state index is 0.278. The second kappa shape index (κ2) is 5.86. The van der Waals surface area contributed by atoms with Crippen molar-refractivity contribution < 1.29 is 0 Å². The van der Waals surface area contributed by atoms with Crippen LogP contribution in [0.4, 0.5) is 0 Å². The van der Waals surface area contributed by atoms with Crippen molar-refractivity contribution in [3.05, 3.63) is 0 Å². The van der Waals surface area contributed by atoms with E-state index in [0.29, 0.717) is 0 Å². The first kappa shape index (κ1) is 13.0. The van der Waals surface area contributed by atoms with Crippen molar-refractivity contribution in [2.75, 3.05) is 26.2 Å². The summed E-state index contributed by atoms with van der Waals surface area (Å²) in [6.07, 6.45) is 4.05. The van der Waals surface area contributed by atoms with Crippen molar-refractivity contribution in [1.29, 1.82) is 0 Å². The summed E-state index contributed by atoms with van der Waals surface area (Å²) in [6.45, 7) is 14.1. The predicted molar refractivity (Wildman–Crippen MR) is 67.2 cm³/mol. The maximum atomic E-state index is 3.62. The maximum absolute atomic E-state index is 3.62. The Morgan fingerprint density at radius 1 is 1.20 bits per heavy atom. The van der Waals surface area contributed by atoms with E-state index in [4.69, 9.17) is 0 Å². The predicted octanol–water partition coefficient (Wildman–Crippen LogP) is 2.50. The number of rotatable bonds is 4. The Morgan fingerprint density at radius 3 is 2.27 bits per heavy atom. The van der Waals surface area contributed by atoms with E-state index in [9.17, 15) is 0 Å². The molecule has 1 rings (SSSR count). The van der Waals surface area contributed by atoms with Crippen LogP contribution in [0.1, 0.15) is 47.0 Å². The molecule has 2 nitrogen and oxygen atoms in total. The summed E-state index contributed by atoms with van der Waals surface area (Å²) in [4.78, 5) is 2.60. The fourth-order valence-corrected chi connectivity index (χ4v) is 2.18. The molecule has 0 aromatic heterocycles. The van der Waals surface area contributed by atoms with Gasteiger partial charge in [0.25, 0.3) is 0 Å². The van der Waals surface area contributed by atoms with Gasteiger partial charge in [0, 0.05) is 5.54 Å². The van der Waals surface area contributed by atoms with Gasteiger partial charge >= 0.3 is 0 Å². The molecule has 1 aliphatic rings. The molecule has 0 amide bonds. The van der Waals surface area contributed by atoms with E-state index < -0.39 is 0 Å². The quantitative estimate of drug-likeness (QED) is 0.770. The molecule has 15 heavy (non-hydrogen) atoms. The molecule has 0 atom stereocenters. The Balaban J connectivity index is 2.15. The summed E-state index contributed by atoms with van der Waals surface area (Å²) in [5.74, 6) is 0.900. The van der Waals surface area contributed by atoms with Crippen molar-refractivity contribution in [2.45, 2.75) is 52.5 Å². The number of hydrogen-bond donors (Lipinski definition) is 1. The molecule has 1 heterocycles. The van der Waals surface area contributed by atoms with Gasteiger partial charge in [0.05, 0.1) is 0 Å². The number of hydrogen-bond acceptors (Lipinski definition) is 2. The second-order valence-corrected chi connectivity index (χ2v) is 5.92. The summed E-state index contributed by atoms with van der Waals surface area (Å²) < 4.78 is 0. The van der Waals surface area contributed by atoms with Gasteiger partial charge in [-0.3, -0.25) is 0 Å². The lowest BCUT2D eigenvalue weighted by atomic mass is 9.95. The summed E-state index contributed by atoms with van der Waals surface area (Å²) in [5.41, 5.74) is 0.278. The van der Waals surface area contributed by atoms with Crippen LogP contribution in [0, 0.1) is 5.92 Å². The fraction of sp³-hybridized carbons (Fsp3) is 1.00. The highest BCUT2D eigenvalue weighted by Gasteiger charge is 2.19. The van der Waals surface area contributed by atoms with E-state index in [0.717, 1.165) is 5.92 Å². The van der Waals surface area contributed by atoms with Gasteiger partial charge in [0.2, 0.25) is 0 Å². The normalized spacial score (nSPS) is 20.8. The van der Waals surface area contributed by atoms with Gasteiger partial charge in [0.15, 0.2) is 0 Å². The molecule has 1 N–H and O–H groups in total. The van der Waals surface area contributed by atoms with Gasteiger partial charge in [-0.2, -0.15) is 0 Å². The van der Waals surface area contributed by atoms with Gasteiger partial charge in [-0.05, 0) is 72.1 Å². The lowest BCUT2D eigenvalue weighted by Crippen LogP contribution is -2.43. The third-order valence-corrected chi connectivity index (χ3v) is 3.17. The van der Waals surface area contributed by atoms with Gasteiger partial charge in [-0.15, -0.1) is 0 Å². The molecule has 1 fully saturated rings. The summed E-state index contributed by atoms with van der Waals surface area (Å²) in [5, 5.41) is 3.62. The average Bonchev–Trinajstić information content (AvgIpc) is 2.16. The Hall–Kier alpha value is -0.0800. The molecular formula is C13H28N2. The molecule has 0 spiro atoms. The Bertz CT molecular complexity index is 164. The minimum absolute atomic E-state index is 0.278. The number of nitrogens with one attached hydrogen (secondary N) is 1. The van der Waals surface area contributed by atoms with E-state index in [1.165, 1.54) is 45.4 Å². The maximum Gasteiger partial charge on any atom is 0.00966 e. The van der Waals surface area contributed by atoms with Crippen LogP contribution in [-0.4, -0.2) is 36.6 Å². The van der Waals surface area contributed by atoms with Crippen molar-refractivity contribution in [3.63, 3.8) is 0 Å². The van der Waals surface area contributed by atoms with E-state index >= 15 is 0 Å². The molecule has 0 aliphatic carbocycles. The first-order chi connectivity index (χ1) is 7.01. The molecule has 0 radical (unpaired) electrons. The summed E-state index contributed by atoms with van der Waals surface area (Å²) in [7, 11) is 0. The zero-order valence-corrected chi connectivity index (χ0v) is 11.0. The Morgan fingerprint density at radius 2 is 1.80 bits per heavy atom. The third-order valence-electron chi connectivity index (χ3n) is 3.17. The van der Waals surface area contributed by atoms with E-state index in [1.54, 1.807) is 0 Å². The standard InChI is InChI=1S/C13H28N2/c1-5-8-15-9-6-12(7-10-15)11-14-13(2,3)4/h12,14H,5-11H2,1-4H3. The third kappa shape index (κ3) is 5.53. The number of nitrogens with zero attached hydrogens (tertiary/aromatic N) is 1. The molecule has 1 saturated heterocycles. The Kier molecular flexibility index (Phi) is 5.07. The van der Waals surface area contributed by atoms with Crippen LogP contribution in [0.25, 0.3) is 0 Å². The number of piperidine rings is 1. The molecule has 0 saturated carbocycles. The average molecular weight is 212 g/mol. The second-order valence-electron chi connectivity index (χ2n) is 5.92. The van der Waals surface area contributed by atoms with Crippen LogP contribution in [0.3, 0.4) is 0 Å². The monoisotopic (exact) mass is 212 g/mol. The SMILES string of the molecule is CCCN1CCC(CNC(C)(C)C)CC1. The van der Waals surface area contributed by atoms with Crippen molar-refractivity contribution >= 4 is 0 Å². The van der Waals surface area contributed by atoms with Crippen molar-refractivity contribution in [2.24, 2.45) is 5.92 Å². The van der Waals surface area contributed by atoms with E-state index in [1.807, 2.05) is 0 Å². The largest absolute Gasteiger partial charge is 0.312 e. The van der Waals surface area contributed by atoms with Crippen molar-refractivity contribution in [3.8, 4) is 0 Å². The first-order valence-corrected chi connectivity index (χ1v) is 6.48. The van der Waals surface area contributed by atoms with Gasteiger partial charge in [-0.25, -0.2) is 0 Å². The van der Waals surface area contributed by atoms with Crippen LogP contribution >= 0.6 is 0 Å². The zero-order chi connectivity index (χ0) is 11.3. The Labute approximate surface area is 95.4 Å². The van der Waals surface area contributed by atoms with Crippen LogP contribution in [0.2, 0.25) is 0 Å². The van der Waals surface area contributed by atoms with Crippen molar-refractivity contribution in [1.82, 2.24) is 10.2 Å². The molecule has 1 aliphatic heterocycles. The van der Waals surface area contributed by atoms with Crippen LogP contribution < -0.4 is 5.32 Å². The summed E-state index contributed by atoms with van der Waals surface area (Å²) >= 11 is 0. The van der Waals surface area contributed by atoms with E-state index in [-0.39, 0.29) is 5.54 Å². The highest BCUT2D eigenvalue weighted by molar-refractivity contribution is 4.77. The molecule has 0 aromatic carbocycles. The molecule has 0 unspecified atom stereocenters. The topological polar surface area (TPSA) is 15.3 Å². The number of likely N-dealkylation sites (tertiary alicyclic amines) is 1. The molecule has 0 bridgehead atoms. The molecule has 90 valence electrons. The van der Waals surface area contributed by atoms with Crippen LogP contribution in [-0.2, 0) is 0 Å². The molecule has 0 aromatic rings. The van der Waals surface area contributed by atoms with Gasteiger partial charge in [-0.1, -0.05) is 6.92 Å². The van der Waals surface area contributed by atoms with Gasteiger partial charge < -0.3 is 10.2 Å². The first-order valence-electron chi connectivity index (χ1n) is 6.48. The molecular weight excluding hydrogens is 184 g/mol. The molecule has 2 heteroatoms. The summed E-state index contributed by atoms with van der Waals surface area (Å²) in [6, 6.07) is 0. The minimum Gasteiger partial charge on any atom is -0.312 e. The lowest BCUT2D eigenvalue weighted by molar-refractivity contribution is 0.177.